The SMILES string of the molecule is CN(CCc1ccccn1)C(=O)[C@@H]1CSCN1C(=O)C1CCCC1. The molecule has 2 heterocycles. The Morgan fingerprint density at radius 3 is 2.83 bits per heavy atom. The molecule has 1 aliphatic carbocycles. The number of carbonyl (C=O) groups excluding carboxylic acids is 2. The summed E-state index contributed by atoms with van der Waals surface area (Å²) in [6.07, 6.45) is 6.75. The quantitative estimate of drug-likeness (QED) is 0.819. The van der Waals surface area contributed by atoms with E-state index in [0.717, 1.165) is 37.8 Å². The van der Waals surface area contributed by atoms with Crippen LogP contribution >= 0.6 is 11.8 Å². The van der Waals surface area contributed by atoms with Crippen LogP contribution in [-0.4, -0.2) is 57.9 Å². The van der Waals surface area contributed by atoms with Gasteiger partial charge in [-0.2, -0.15) is 0 Å². The highest BCUT2D eigenvalue weighted by Gasteiger charge is 2.39. The molecule has 1 saturated carbocycles. The van der Waals surface area contributed by atoms with E-state index in [9.17, 15) is 9.59 Å². The maximum Gasteiger partial charge on any atom is 0.246 e. The van der Waals surface area contributed by atoms with Gasteiger partial charge >= 0.3 is 0 Å². The van der Waals surface area contributed by atoms with Gasteiger partial charge in [-0.05, 0) is 25.0 Å². The summed E-state index contributed by atoms with van der Waals surface area (Å²) >= 11 is 1.68. The van der Waals surface area contributed by atoms with Gasteiger partial charge in [0, 0.05) is 43.6 Å². The highest BCUT2D eigenvalue weighted by atomic mass is 32.2. The van der Waals surface area contributed by atoms with E-state index < -0.39 is 0 Å². The molecule has 2 fully saturated rings. The molecule has 1 aliphatic heterocycles. The van der Waals surface area contributed by atoms with Crippen molar-refractivity contribution >= 4 is 23.6 Å². The Morgan fingerprint density at radius 2 is 2.12 bits per heavy atom. The first-order valence-corrected chi connectivity index (χ1v) is 9.85. The number of hydrogen-bond acceptors (Lipinski definition) is 4. The average molecular weight is 347 g/mol. The molecular weight excluding hydrogens is 322 g/mol. The Hall–Kier alpha value is -1.56. The van der Waals surface area contributed by atoms with Gasteiger partial charge in [0.15, 0.2) is 0 Å². The van der Waals surface area contributed by atoms with Gasteiger partial charge in [0.05, 0.1) is 5.88 Å². The van der Waals surface area contributed by atoms with E-state index in [2.05, 4.69) is 4.98 Å². The predicted molar refractivity (Wildman–Crippen MR) is 95.5 cm³/mol. The summed E-state index contributed by atoms with van der Waals surface area (Å²) in [6.45, 7) is 0.627. The van der Waals surface area contributed by atoms with Crippen LogP contribution in [0.3, 0.4) is 0 Å². The molecule has 0 aromatic carbocycles. The molecule has 1 aromatic rings. The summed E-state index contributed by atoms with van der Waals surface area (Å²) in [6, 6.07) is 5.52. The summed E-state index contributed by atoms with van der Waals surface area (Å²) in [5.41, 5.74) is 0.983. The largest absolute Gasteiger partial charge is 0.344 e. The van der Waals surface area contributed by atoms with E-state index in [4.69, 9.17) is 0 Å². The third kappa shape index (κ3) is 3.91. The van der Waals surface area contributed by atoms with Crippen LogP contribution in [0.5, 0.6) is 0 Å². The van der Waals surface area contributed by atoms with Crippen molar-refractivity contribution < 1.29 is 9.59 Å². The van der Waals surface area contributed by atoms with Gasteiger partial charge in [0.25, 0.3) is 0 Å². The molecule has 3 rings (SSSR count). The third-order valence-corrected chi connectivity index (χ3v) is 5.97. The number of rotatable bonds is 5. The molecule has 2 amide bonds. The highest BCUT2D eigenvalue weighted by Crippen LogP contribution is 2.31. The van der Waals surface area contributed by atoms with E-state index >= 15 is 0 Å². The molecule has 5 nitrogen and oxygen atoms in total. The van der Waals surface area contributed by atoms with Crippen LogP contribution in [0.4, 0.5) is 0 Å². The Morgan fingerprint density at radius 1 is 1.33 bits per heavy atom. The minimum Gasteiger partial charge on any atom is -0.344 e. The maximum absolute atomic E-state index is 12.8. The number of hydrogen-bond donors (Lipinski definition) is 0. The Balaban J connectivity index is 1.57. The van der Waals surface area contributed by atoms with Crippen LogP contribution in [0.25, 0.3) is 0 Å². The van der Waals surface area contributed by atoms with Crippen LogP contribution in [0.2, 0.25) is 0 Å². The standard InChI is InChI=1S/C18H25N3O2S/c1-20(11-9-15-8-4-5-10-19-15)18(23)16-12-24-13-21(16)17(22)14-6-2-3-7-14/h4-5,8,10,14,16H,2-3,6-7,9,11-13H2,1H3/t16-/m0/s1. The molecule has 130 valence electrons. The summed E-state index contributed by atoms with van der Waals surface area (Å²) < 4.78 is 0. The minimum absolute atomic E-state index is 0.0577. The number of likely N-dealkylation sites (N-methyl/N-ethyl adjacent to an activating group) is 1. The van der Waals surface area contributed by atoms with Gasteiger partial charge in [-0.15, -0.1) is 11.8 Å². The van der Waals surface area contributed by atoms with Crippen LogP contribution in [0, 0.1) is 5.92 Å². The third-order valence-electron chi connectivity index (χ3n) is 4.96. The first-order valence-electron chi connectivity index (χ1n) is 8.70. The van der Waals surface area contributed by atoms with Crippen LogP contribution in [0.15, 0.2) is 24.4 Å². The molecule has 1 saturated heterocycles. The summed E-state index contributed by atoms with van der Waals surface area (Å²) in [5, 5.41) is 0. The van der Waals surface area contributed by atoms with E-state index in [1.54, 1.807) is 22.9 Å². The monoisotopic (exact) mass is 347 g/mol. The zero-order valence-corrected chi connectivity index (χ0v) is 15.0. The molecule has 1 atom stereocenters. The van der Waals surface area contributed by atoms with Crippen molar-refractivity contribution in [2.45, 2.75) is 38.1 Å². The zero-order chi connectivity index (χ0) is 16.9. The lowest BCUT2D eigenvalue weighted by Gasteiger charge is -2.29. The first-order chi connectivity index (χ1) is 11.7. The lowest BCUT2D eigenvalue weighted by molar-refractivity contribution is -0.144. The number of thioether (sulfide) groups is 1. The molecule has 0 radical (unpaired) electrons. The van der Waals surface area contributed by atoms with Crippen LogP contribution in [-0.2, 0) is 16.0 Å². The zero-order valence-electron chi connectivity index (χ0n) is 14.2. The predicted octanol–water partition coefficient (Wildman–Crippen LogP) is 2.17. The van der Waals surface area contributed by atoms with Crippen molar-refractivity contribution in [3.8, 4) is 0 Å². The summed E-state index contributed by atoms with van der Waals surface area (Å²) in [7, 11) is 1.83. The maximum atomic E-state index is 12.8. The molecule has 0 unspecified atom stereocenters. The molecule has 0 bridgehead atoms. The second-order valence-corrected chi connectivity index (χ2v) is 7.64. The van der Waals surface area contributed by atoms with E-state index in [-0.39, 0.29) is 23.8 Å². The number of carbonyl (C=O) groups is 2. The van der Waals surface area contributed by atoms with Gasteiger partial charge in [0.1, 0.15) is 6.04 Å². The first kappa shape index (κ1) is 17.3. The molecule has 6 heteroatoms. The molecule has 0 spiro atoms. The Kier molecular flexibility index (Phi) is 5.76. The van der Waals surface area contributed by atoms with E-state index in [1.807, 2.05) is 30.1 Å². The van der Waals surface area contributed by atoms with Gasteiger partial charge < -0.3 is 9.80 Å². The topological polar surface area (TPSA) is 53.5 Å². The number of amides is 2. The van der Waals surface area contributed by atoms with E-state index in [0.29, 0.717) is 18.2 Å². The minimum atomic E-state index is -0.295. The molecule has 24 heavy (non-hydrogen) atoms. The number of aromatic nitrogens is 1. The Labute approximate surface area is 147 Å². The normalized spacial score (nSPS) is 21.2. The molecule has 2 aliphatic rings. The van der Waals surface area contributed by atoms with Crippen molar-refractivity contribution in [3.63, 3.8) is 0 Å². The van der Waals surface area contributed by atoms with Gasteiger partial charge in [0.2, 0.25) is 11.8 Å². The van der Waals surface area contributed by atoms with Crippen molar-refractivity contribution in [2.24, 2.45) is 5.92 Å². The lowest BCUT2D eigenvalue weighted by Crippen LogP contribution is -2.49. The number of pyridine rings is 1. The Bertz CT molecular complexity index is 575. The second kappa shape index (κ2) is 8.01. The fourth-order valence-electron chi connectivity index (χ4n) is 3.46. The van der Waals surface area contributed by atoms with Gasteiger partial charge in [-0.3, -0.25) is 14.6 Å². The summed E-state index contributed by atoms with van der Waals surface area (Å²) in [5.74, 6) is 1.75. The number of nitrogens with zero attached hydrogens (tertiary/aromatic N) is 3. The van der Waals surface area contributed by atoms with Gasteiger partial charge in [-0.1, -0.05) is 18.9 Å². The lowest BCUT2D eigenvalue weighted by atomic mass is 10.1. The molecule has 1 aromatic heterocycles. The average Bonchev–Trinajstić information content (AvgIpc) is 3.30. The smallest absolute Gasteiger partial charge is 0.246 e. The van der Waals surface area contributed by atoms with Crippen molar-refractivity contribution in [1.29, 1.82) is 0 Å². The van der Waals surface area contributed by atoms with Crippen LogP contribution in [0.1, 0.15) is 31.4 Å². The highest BCUT2D eigenvalue weighted by molar-refractivity contribution is 7.99. The fraction of sp³-hybridized carbons (Fsp3) is 0.611. The summed E-state index contributed by atoms with van der Waals surface area (Å²) in [4.78, 5) is 33.4. The van der Waals surface area contributed by atoms with Crippen molar-refractivity contribution in [3.05, 3.63) is 30.1 Å². The van der Waals surface area contributed by atoms with Crippen LogP contribution < -0.4 is 0 Å². The second-order valence-electron chi connectivity index (χ2n) is 6.64. The van der Waals surface area contributed by atoms with Crippen molar-refractivity contribution in [1.82, 2.24) is 14.8 Å². The molecular formula is C18H25N3O2S. The van der Waals surface area contributed by atoms with E-state index in [1.165, 1.54) is 0 Å². The van der Waals surface area contributed by atoms with Crippen molar-refractivity contribution in [2.75, 3.05) is 25.2 Å². The fourth-order valence-corrected chi connectivity index (χ4v) is 4.62. The van der Waals surface area contributed by atoms with Gasteiger partial charge in [-0.25, -0.2) is 0 Å². The molecule has 0 N–H and O–H groups in total.